The van der Waals surface area contributed by atoms with Crippen LogP contribution >= 0.6 is 12.4 Å². The maximum Gasteiger partial charge on any atom is 0.239 e. The number of halogens is 1. The first-order valence-electron chi connectivity index (χ1n) is 6.75. The quantitative estimate of drug-likeness (QED) is 0.924. The van der Waals surface area contributed by atoms with E-state index in [-0.39, 0.29) is 24.4 Å². The van der Waals surface area contributed by atoms with Gasteiger partial charge in [-0.3, -0.25) is 4.79 Å². The average molecular weight is 283 g/mol. The third-order valence-corrected chi connectivity index (χ3v) is 3.59. The summed E-state index contributed by atoms with van der Waals surface area (Å²) in [7, 11) is 0. The maximum atomic E-state index is 11.9. The molecule has 1 unspecified atom stereocenters. The minimum absolute atomic E-state index is 0. The van der Waals surface area contributed by atoms with E-state index in [1.165, 1.54) is 12.0 Å². The van der Waals surface area contributed by atoms with Crippen molar-refractivity contribution in [2.45, 2.75) is 32.2 Å². The van der Waals surface area contributed by atoms with Crippen LogP contribution in [0.4, 0.5) is 0 Å². The number of likely N-dealkylation sites (tertiary alicyclic amines) is 1. The van der Waals surface area contributed by atoms with Gasteiger partial charge in [-0.1, -0.05) is 30.3 Å². The highest BCUT2D eigenvalue weighted by Gasteiger charge is 2.25. The Hall–Kier alpha value is -1.06. The lowest BCUT2D eigenvalue weighted by molar-refractivity contribution is -0.134. The molecular weight excluding hydrogens is 260 g/mol. The standard InChI is InChI=1S/C15H22N2O.ClH/c1-12(16)15(18)17-9-5-8-14(11-17)10-13-6-3-2-4-7-13;/h2-4,6-7,12,14H,5,8-11,16H2,1H3;1H/t12-,14?;/m1./s1. The van der Waals surface area contributed by atoms with E-state index in [2.05, 4.69) is 24.3 Å². The summed E-state index contributed by atoms with van der Waals surface area (Å²) in [6.45, 7) is 3.49. The van der Waals surface area contributed by atoms with E-state index in [4.69, 9.17) is 5.73 Å². The summed E-state index contributed by atoms with van der Waals surface area (Å²) in [5.74, 6) is 0.664. The smallest absolute Gasteiger partial charge is 0.239 e. The van der Waals surface area contributed by atoms with Crippen molar-refractivity contribution in [1.82, 2.24) is 4.90 Å². The molecule has 1 fully saturated rings. The Morgan fingerprint density at radius 2 is 2.11 bits per heavy atom. The van der Waals surface area contributed by atoms with Crippen molar-refractivity contribution in [2.24, 2.45) is 11.7 Å². The van der Waals surface area contributed by atoms with E-state index >= 15 is 0 Å². The molecule has 0 radical (unpaired) electrons. The third kappa shape index (κ3) is 4.51. The lowest BCUT2D eigenvalue weighted by Crippen LogP contribution is -2.47. The van der Waals surface area contributed by atoms with E-state index in [0.717, 1.165) is 25.9 Å². The molecule has 1 aliphatic heterocycles. The van der Waals surface area contributed by atoms with Gasteiger partial charge in [-0.15, -0.1) is 12.4 Å². The Bertz CT molecular complexity index is 394. The number of carbonyl (C=O) groups excluding carboxylic acids is 1. The van der Waals surface area contributed by atoms with Gasteiger partial charge in [0.05, 0.1) is 6.04 Å². The van der Waals surface area contributed by atoms with Crippen LogP contribution in [0.1, 0.15) is 25.3 Å². The number of nitrogens with zero attached hydrogens (tertiary/aromatic N) is 1. The van der Waals surface area contributed by atoms with E-state index in [1.54, 1.807) is 6.92 Å². The number of hydrogen-bond donors (Lipinski definition) is 1. The molecule has 0 aromatic heterocycles. The second-order valence-electron chi connectivity index (χ2n) is 5.27. The highest BCUT2D eigenvalue weighted by atomic mass is 35.5. The van der Waals surface area contributed by atoms with Crippen LogP contribution in [0, 0.1) is 5.92 Å². The fraction of sp³-hybridized carbons (Fsp3) is 0.533. The van der Waals surface area contributed by atoms with Gasteiger partial charge in [0.15, 0.2) is 0 Å². The molecule has 1 heterocycles. The predicted molar refractivity (Wildman–Crippen MR) is 80.3 cm³/mol. The number of nitrogens with two attached hydrogens (primary N) is 1. The summed E-state index contributed by atoms with van der Waals surface area (Å²) in [6, 6.07) is 10.1. The van der Waals surface area contributed by atoms with Gasteiger partial charge in [-0.05, 0) is 37.7 Å². The zero-order valence-electron chi connectivity index (χ0n) is 11.4. The molecule has 1 saturated heterocycles. The average Bonchev–Trinajstić information content (AvgIpc) is 2.39. The predicted octanol–water partition coefficient (Wildman–Crippen LogP) is 2.24. The SMILES string of the molecule is C[C@@H](N)C(=O)N1CCCC(Cc2ccccc2)C1.Cl. The molecule has 1 aromatic carbocycles. The van der Waals surface area contributed by atoms with Gasteiger partial charge in [-0.25, -0.2) is 0 Å². The van der Waals surface area contributed by atoms with E-state index in [9.17, 15) is 4.79 Å². The van der Waals surface area contributed by atoms with Gasteiger partial charge in [0.25, 0.3) is 0 Å². The molecule has 0 saturated carbocycles. The minimum Gasteiger partial charge on any atom is -0.341 e. The van der Waals surface area contributed by atoms with Crippen LogP contribution in [0.25, 0.3) is 0 Å². The second-order valence-corrected chi connectivity index (χ2v) is 5.27. The summed E-state index contributed by atoms with van der Waals surface area (Å²) in [5, 5.41) is 0. The molecule has 106 valence electrons. The van der Waals surface area contributed by atoms with Gasteiger partial charge in [-0.2, -0.15) is 0 Å². The van der Waals surface area contributed by atoms with Gasteiger partial charge in [0, 0.05) is 13.1 Å². The molecular formula is C15H23ClN2O. The van der Waals surface area contributed by atoms with Gasteiger partial charge in [0.2, 0.25) is 5.91 Å². The van der Waals surface area contributed by atoms with Crippen molar-refractivity contribution in [3.8, 4) is 0 Å². The van der Waals surface area contributed by atoms with Crippen LogP contribution in [0.5, 0.6) is 0 Å². The zero-order valence-corrected chi connectivity index (χ0v) is 12.2. The number of hydrogen-bond acceptors (Lipinski definition) is 2. The highest BCUT2D eigenvalue weighted by molar-refractivity contribution is 5.85. The normalized spacial score (nSPS) is 20.5. The van der Waals surface area contributed by atoms with E-state index in [0.29, 0.717) is 5.92 Å². The molecule has 0 aliphatic carbocycles. The molecule has 2 rings (SSSR count). The number of piperidine rings is 1. The fourth-order valence-corrected chi connectivity index (χ4v) is 2.67. The topological polar surface area (TPSA) is 46.3 Å². The molecule has 3 nitrogen and oxygen atoms in total. The third-order valence-electron chi connectivity index (χ3n) is 3.59. The Kier molecular flexibility index (Phi) is 6.32. The number of rotatable bonds is 3. The van der Waals surface area contributed by atoms with Gasteiger partial charge >= 0.3 is 0 Å². The molecule has 2 atom stereocenters. The molecule has 2 N–H and O–H groups in total. The Morgan fingerprint density at radius 3 is 2.74 bits per heavy atom. The summed E-state index contributed by atoms with van der Waals surface area (Å²) in [6.07, 6.45) is 3.36. The second kappa shape index (κ2) is 7.51. The number of benzene rings is 1. The first-order chi connectivity index (χ1) is 8.66. The van der Waals surface area contributed by atoms with Crippen LogP contribution in [-0.2, 0) is 11.2 Å². The van der Waals surface area contributed by atoms with Crippen LogP contribution in [0.15, 0.2) is 30.3 Å². The molecule has 4 heteroatoms. The Labute approximate surface area is 121 Å². The zero-order chi connectivity index (χ0) is 13.0. The van der Waals surface area contributed by atoms with Gasteiger partial charge in [0.1, 0.15) is 0 Å². The summed E-state index contributed by atoms with van der Waals surface area (Å²) in [4.78, 5) is 13.8. The van der Waals surface area contributed by atoms with Crippen molar-refractivity contribution >= 4 is 18.3 Å². The van der Waals surface area contributed by atoms with Crippen LogP contribution in [-0.4, -0.2) is 29.9 Å². The van der Waals surface area contributed by atoms with Crippen LogP contribution in [0.2, 0.25) is 0 Å². The van der Waals surface area contributed by atoms with Crippen molar-refractivity contribution in [1.29, 1.82) is 0 Å². The first kappa shape index (κ1) is 16.0. The first-order valence-corrected chi connectivity index (χ1v) is 6.75. The lowest BCUT2D eigenvalue weighted by Gasteiger charge is -2.33. The maximum absolute atomic E-state index is 11.9. The molecule has 0 spiro atoms. The van der Waals surface area contributed by atoms with Crippen LogP contribution < -0.4 is 5.73 Å². The van der Waals surface area contributed by atoms with E-state index in [1.807, 2.05) is 11.0 Å². The summed E-state index contributed by atoms with van der Waals surface area (Å²) >= 11 is 0. The summed E-state index contributed by atoms with van der Waals surface area (Å²) in [5.41, 5.74) is 7.03. The molecule has 1 amide bonds. The van der Waals surface area contributed by atoms with Crippen molar-refractivity contribution in [3.05, 3.63) is 35.9 Å². The molecule has 1 aliphatic rings. The molecule has 19 heavy (non-hydrogen) atoms. The van der Waals surface area contributed by atoms with Crippen molar-refractivity contribution < 1.29 is 4.79 Å². The molecule has 1 aromatic rings. The summed E-state index contributed by atoms with van der Waals surface area (Å²) < 4.78 is 0. The Balaban J connectivity index is 0.00000180. The van der Waals surface area contributed by atoms with Gasteiger partial charge < -0.3 is 10.6 Å². The van der Waals surface area contributed by atoms with E-state index < -0.39 is 0 Å². The Morgan fingerprint density at radius 1 is 1.42 bits per heavy atom. The largest absolute Gasteiger partial charge is 0.341 e. The minimum atomic E-state index is -0.375. The van der Waals surface area contributed by atoms with Crippen molar-refractivity contribution in [2.75, 3.05) is 13.1 Å². The lowest BCUT2D eigenvalue weighted by atomic mass is 9.91. The fourth-order valence-electron chi connectivity index (χ4n) is 2.67. The highest BCUT2D eigenvalue weighted by Crippen LogP contribution is 2.21. The number of carbonyl (C=O) groups is 1. The number of amides is 1. The molecule has 0 bridgehead atoms. The van der Waals surface area contributed by atoms with Crippen molar-refractivity contribution in [3.63, 3.8) is 0 Å². The monoisotopic (exact) mass is 282 g/mol. The van der Waals surface area contributed by atoms with Crippen LogP contribution in [0.3, 0.4) is 0 Å².